The van der Waals surface area contributed by atoms with E-state index >= 15 is 0 Å². The van der Waals surface area contributed by atoms with Crippen molar-refractivity contribution in [1.29, 1.82) is 0 Å². The number of hydrogen-bond acceptors (Lipinski definition) is 5. The summed E-state index contributed by atoms with van der Waals surface area (Å²) in [4.78, 5) is 42.6. The fourth-order valence-corrected chi connectivity index (χ4v) is 4.61. The van der Waals surface area contributed by atoms with Crippen LogP contribution in [0.3, 0.4) is 0 Å². The fourth-order valence-electron chi connectivity index (χ4n) is 3.58. The molecule has 0 saturated heterocycles. The number of aromatic nitrogens is 2. The maximum atomic E-state index is 13.4. The number of carbonyl (C=O) groups is 2. The minimum Gasteiger partial charge on any atom is -0.480 e. The van der Waals surface area contributed by atoms with E-state index in [-0.39, 0.29) is 22.6 Å². The SMILES string of the molecule is Cc1ccc(CCC(C(=O)O)n2c(C(C)C)nc3sc(C(N)=O)c(C)c3c2=O)cc1. The van der Waals surface area contributed by atoms with Gasteiger partial charge in [0.05, 0.1) is 10.3 Å². The van der Waals surface area contributed by atoms with E-state index in [0.717, 1.165) is 22.5 Å². The van der Waals surface area contributed by atoms with Gasteiger partial charge in [0.1, 0.15) is 16.7 Å². The molecule has 0 spiro atoms. The van der Waals surface area contributed by atoms with E-state index in [1.165, 1.54) is 4.57 Å². The zero-order valence-electron chi connectivity index (χ0n) is 17.4. The Labute approximate surface area is 178 Å². The summed E-state index contributed by atoms with van der Waals surface area (Å²) in [5.74, 6) is -1.50. The number of carboxylic acid groups (broad SMARTS) is 1. The molecule has 0 aliphatic rings. The molecule has 1 amide bonds. The third-order valence-corrected chi connectivity index (χ3v) is 6.39. The molecule has 0 radical (unpaired) electrons. The molecule has 0 aliphatic heterocycles. The van der Waals surface area contributed by atoms with E-state index in [1.54, 1.807) is 6.92 Å². The second-order valence-corrected chi connectivity index (χ2v) is 8.78. The Morgan fingerprint density at radius 2 is 1.83 bits per heavy atom. The van der Waals surface area contributed by atoms with Crippen LogP contribution in [0.1, 0.15) is 64.4 Å². The quantitative estimate of drug-likeness (QED) is 0.598. The number of amides is 1. The van der Waals surface area contributed by atoms with Gasteiger partial charge in [0.25, 0.3) is 11.5 Å². The molecule has 3 aromatic rings. The zero-order chi connectivity index (χ0) is 22.2. The first-order valence-corrected chi connectivity index (χ1v) is 10.6. The second kappa shape index (κ2) is 8.39. The second-order valence-electron chi connectivity index (χ2n) is 7.78. The van der Waals surface area contributed by atoms with E-state index < -0.39 is 23.5 Å². The summed E-state index contributed by atoms with van der Waals surface area (Å²) in [6.45, 7) is 7.35. The number of aryl methyl sites for hydroxylation is 3. The van der Waals surface area contributed by atoms with Crippen LogP contribution >= 0.6 is 11.3 Å². The molecule has 0 aliphatic carbocycles. The lowest BCUT2D eigenvalue weighted by Crippen LogP contribution is -2.34. The normalized spacial score (nSPS) is 12.4. The first-order chi connectivity index (χ1) is 14.1. The van der Waals surface area contributed by atoms with Gasteiger partial charge < -0.3 is 10.8 Å². The molecule has 158 valence electrons. The van der Waals surface area contributed by atoms with Gasteiger partial charge in [-0.05, 0) is 37.8 Å². The van der Waals surface area contributed by atoms with Crippen LogP contribution in [-0.2, 0) is 11.2 Å². The van der Waals surface area contributed by atoms with Gasteiger partial charge in [-0.2, -0.15) is 0 Å². The molecule has 1 aromatic carbocycles. The van der Waals surface area contributed by atoms with Crippen LogP contribution in [0.5, 0.6) is 0 Å². The van der Waals surface area contributed by atoms with Crippen molar-refractivity contribution < 1.29 is 14.7 Å². The predicted octanol–water partition coefficient (Wildman–Crippen LogP) is 3.56. The van der Waals surface area contributed by atoms with E-state index in [9.17, 15) is 19.5 Å². The van der Waals surface area contributed by atoms with Gasteiger partial charge in [0.2, 0.25) is 0 Å². The summed E-state index contributed by atoms with van der Waals surface area (Å²) in [5.41, 5.74) is 7.57. The van der Waals surface area contributed by atoms with Gasteiger partial charge in [-0.15, -0.1) is 11.3 Å². The lowest BCUT2D eigenvalue weighted by atomic mass is 10.0. The summed E-state index contributed by atoms with van der Waals surface area (Å²) in [7, 11) is 0. The molecule has 1 unspecified atom stereocenters. The van der Waals surface area contributed by atoms with Gasteiger partial charge >= 0.3 is 5.97 Å². The highest BCUT2D eigenvalue weighted by atomic mass is 32.1. The van der Waals surface area contributed by atoms with Gasteiger partial charge in [-0.3, -0.25) is 14.2 Å². The highest BCUT2D eigenvalue weighted by molar-refractivity contribution is 7.20. The molecule has 0 fully saturated rings. The standard InChI is InChI=1S/C22H25N3O4S/c1-11(2)19-24-20-16(13(4)17(30-20)18(23)26)21(27)25(19)15(22(28)29)10-9-14-7-5-12(3)6-8-14/h5-8,11,15H,9-10H2,1-4H3,(H2,23,26)(H,28,29). The minimum atomic E-state index is -1.09. The van der Waals surface area contributed by atoms with Crippen LogP contribution in [0.25, 0.3) is 10.2 Å². The van der Waals surface area contributed by atoms with Crippen LogP contribution < -0.4 is 11.3 Å². The number of carboxylic acids is 1. The van der Waals surface area contributed by atoms with E-state index in [4.69, 9.17) is 5.73 Å². The predicted molar refractivity (Wildman–Crippen MR) is 117 cm³/mol. The Morgan fingerprint density at radius 1 is 1.20 bits per heavy atom. The number of hydrogen-bond donors (Lipinski definition) is 2. The Bertz CT molecular complexity index is 1180. The Hall–Kier alpha value is -3.00. The maximum absolute atomic E-state index is 13.4. The summed E-state index contributed by atoms with van der Waals surface area (Å²) in [5, 5.41) is 10.2. The molecule has 8 heteroatoms. The summed E-state index contributed by atoms with van der Waals surface area (Å²) >= 11 is 1.07. The number of fused-ring (bicyclic) bond motifs is 1. The topological polar surface area (TPSA) is 115 Å². The van der Waals surface area contributed by atoms with Crippen LogP contribution in [0.15, 0.2) is 29.1 Å². The molecular weight excluding hydrogens is 402 g/mol. The third-order valence-electron chi connectivity index (χ3n) is 5.19. The van der Waals surface area contributed by atoms with Gasteiger partial charge in [0, 0.05) is 5.92 Å². The number of aliphatic carboxylic acids is 1. The number of rotatable bonds is 7. The lowest BCUT2D eigenvalue weighted by molar-refractivity contribution is -0.141. The molecule has 30 heavy (non-hydrogen) atoms. The highest BCUT2D eigenvalue weighted by Gasteiger charge is 2.28. The number of nitrogens with two attached hydrogens (primary N) is 1. The van der Waals surface area contributed by atoms with Crippen molar-refractivity contribution in [2.75, 3.05) is 0 Å². The highest BCUT2D eigenvalue weighted by Crippen LogP contribution is 2.30. The molecule has 3 rings (SSSR count). The largest absolute Gasteiger partial charge is 0.480 e. The van der Waals surface area contributed by atoms with Crippen molar-refractivity contribution in [2.24, 2.45) is 5.73 Å². The van der Waals surface area contributed by atoms with E-state index in [2.05, 4.69) is 4.98 Å². The number of benzene rings is 1. The van der Waals surface area contributed by atoms with Gasteiger partial charge in [0.15, 0.2) is 0 Å². The minimum absolute atomic E-state index is 0.178. The van der Waals surface area contributed by atoms with Crippen LogP contribution in [0.4, 0.5) is 0 Å². The molecule has 7 nitrogen and oxygen atoms in total. The average molecular weight is 428 g/mol. The van der Waals surface area contributed by atoms with Crippen molar-refractivity contribution >= 4 is 33.4 Å². The molecule has 2 aromatic heterocycles. The molecule has 2 heterocycles. The molecular formula is C22H25N3O4S. The molecule has 0 saturated carbocycles. The number of nitrogens with zero attached hydrogens (tertiary/aromatic N) is 2. The van der Waals surface area contributed by atoms with Crippen LogP contribution in [0, 0.1) is 13.8 Å². The average Bonchev–Trinajstić information content (AvgIpc) is 3.01. The molecule has 3 N–H and O–H groups in total. The Kier molecular flexibility index (Phi) is 6.07. The number of primary amides is 1. The van der Waals surface area contributed by atoms with Crippen molar-refractivity contribution in [3.05, 3.63) is 62.0 Å². The Morgan fingerprint density at radius 3 is 2.37 bits per heavy atom. The molecule has 1 atom stereocenters. The maximum Gasteiger partial charge on any atom is 0.326 e. The van der Waals surface area contributed by atoms with E-state index in [0.29, 0.717) is 22.6 Å². The van der Waals surface area contributed by atoms with Gasteiger partial charge in [-0.25, -0.2) is 9.78 Å². The zero-order valence-corrected chi connectivity index (χ0v) is 18.2. The fraction of sp³-hybridized carbons (Fsp3) is 0.364. The smallest absolute Gasteiger partial charge is 0.326 e. The monoisotopic (exact) mass is 427 g/mol. The summed E-state index contributed by atoms with van der Waals surface area (Å²) < 4.78 is 1.29. The summed E-state index contributed by atoms with van der Waals surface area (Å²) in [6, 6.07) is 6.81. The first kappa shape index (κ1) is 21.7. The van der Waals surface area contributed by atoms with Crippen molar-refractivity contribution in [1.82, 2.24) is 9.55 Å². The van der Waals surface area contributed by atoms with Crippen LogP contribution in [-0.4, -0.2) is 26.5 Å². The number of carbonyl (C=O) groups excluding carboxylic acids is 1. The van der Waals surface area contributed by atoms with Crippen molar-refractivity contribution in [3.8, 4) is 0 Å². The Balaban J connectivity index is 2.15. The van der Waals surface area contributed by atoms with Gasteiger partial charge in [-0.1, -0.05) is 43.7 Å². The summed E-state index contributed by atoms with van der Waals surface area (Å²) in [6.07, 6.45) is 0.755. The number of thiophene rings is 1. The van der Waals surface area contributed by atoms with Crippen LogP contribution in [0.2, 0.25) is 0 Å². The van der Waals surface area contributed by atoms with Crippen molar-refractivity contribution in [3.63, 3.8) is 0 Å². The lowest BCUT2D eigenvalue weighted by Gasteiger charge is -2.21. The van der Waals surface area contributed by atoms with Crippen molar-refractivity contribution in [2.45, 2.75) is 52.5 Å². The molecule has 0 bridgehead atoms. The van der Waals surface area contributed by atoms with E-state index in [1.807, 2.05) is 45.0 Å². The third kappa shape index (κ3) is 4.00. The first-order valence-electron chi connectivity index (χ1n) is 9.75.